The number of aryl methyl sites for hydroxylation is 1. The van der Waals surface area contributed by atoms with E-state index in [4.69, 9.17) is 4.98 Å². The van der Waals surface area contributed by atoms with Crippen LogP contribution in [0, 0.1) is 19.8 Å². The van der Waals surface area contributed by atoms with Crippen LogP contribution in [0.5, 0.6) is 0 Å². The molecule has 33 heavy (non-hydrogen) atoms. The quantitative estimate of drug-likeness (QED) is 0.605. The number of hydrogen-bond acceptors (Lipinski definition) is 4. The molecule has 4 rings (SSSR count). The number of anilines is 2. The van der Waals surface area contributed by atoms with Crippen molar-refractivity contribution in [2.45, 2.75) is 53.1 Å². The zero-order valence-corrected chi connectivity index (χ0v) is 19.9. The van der Waals surface area contributed by atoms with Crippen LogP contribution in [0.3, 0.4) is 0 Å². The van der Waals surface area contributed by atoms with Gasteiger partial charge in [-0.3, -0.25) is 4.79 Å². The molecule has 0 saturated carbocycles. The van der Waals surface area contributed by atoms with Gasteiger partial charge < -0.3 is 20.1 Å². The lowest BCUT2D eigenvalue weighted by Gasteiger charge is -2.33. The summed E-state index contributed by atoms with van der Waals surface area (Å²) in [4.78, 5) is 32.6. The van der Waals surface area contributed by atoms with Gasteiger partial charge in [0.15, 0.2) is 5.82 Å². The highest BCUT2D eigenvalue weighted by atomic mass is 16.2. The lowest BCUT2D eigenvalue weighted by Crippen LogP contribution is -2.47. The van der Waals surface area contributed by atoms with Crippen molar-refractivity contribution in [1.29, 1.82) is 0 Å². The van der Waals surface area contributed by atoms with E-state index in [1.54, 1.807) is 0 Å². The van der Waals surface area contributed by atoms with Gasteiger partial charge in [-0.15, -0.1) is 0 Å². The first-order valence-corrected chi connectivity index (χ1v) is 11.7. The number of piperidine rings is 1. The van der Waals surface area contributed by atoms with E-state index in [0.717, 1.165) is 40.7 Å². The average Bonchev–Trinajstić information content (AvgIpc) is 2.79. The van der Waals surface area contributed by atoms with Crippen molar-refractivity contribution in [3.63, 3.8) is 0 Å². The van der Waals surface area contributed by atoms with Crippen LogP contribution < -0.4 is 21.1 Å². The monoisotopic (exact) mass is 447 g/mol. The molecule has 7 nitrogen and oxygen atoms in total. The average molecular weight is 448 g/mol. The highest BCUT2D eigenvalue weighted by Crippen LogP contribution is 2.21. The molecule has 2 N–H and O–H groups in total. The topological polar surface area (TPSA) is 79.3 Å². The summed E-state index contributed by atoms with van der Waals surface area (Å²) in [6, 6.07) is 13.6. The van der Waals surface area contributed by atoms with Gasteiger partial charge in [0, 0.05) is 31.4 Å². The summed E-state index contributed by atoms with van der Waals surface area (Å²) in [6.45, 7) is 10.3. The maximum Gasteiger partial charge on any atom is 0.319 e. The third-order valence-electron chi connectivity index (χ3n) is 6.37. The van der Waals surface area contributed by atoms with Crippen molar-refractivity contribution >= 4 is 28.6 Å². The molecule has 0 atom stereocenters. The van der Waals surface area contributed by atoms with Crippen molar-refractivity contribution in [3.8, 4) is 0 Å². The Morgan fingerprint density at radius 3 is 2.55 bits per heavy atom. The van der Waals surface area contributed by atoms with Crippen molar-refractivity contribution in [2.75, 3.05) is 23.3 Å². The molecule has 0 radical (unpaired) electrons. The van der Waals surface area contributed by atoms with Crippen molar-refractivity contribution < 1.29 is 4.79 Å². The first-order chi connectivity index (χ1) is 15.8. The number of benzene rings is 2. The predicted octanol–water partition coefficient (Wildman–Crippen LogP) is 4.46. The van der Waals surface area contributed by atoms with Gasteiger partial charge in [-0.2, -0.15) is 0 Å². The lowest BCUT2D eigenvalue weighted by molar-refractivity contribution is 0.246. The maximum atomic E-state index is 13.3. The van der Waals surface area contributed by atoms with Gasteiger partial charge in [-0.05, 0) is 61.9 Å². The number of fused-ring (bicyclic) bond motifs is 1. The molecular weight excluding hydrogens is 414 g/mol. The minimum Gasteiger partial charge on any atom is -0.352 e. The van der Waals surface area contributed by atoms with Crippen LogP contribution >= 0.6 is 0 Å². The van der Waals surface area contributed by atoms with Gasteiger partial charge in [-0.25, -0.2) is 9.78 Å². The van der Waals surface area contributed by atoms with Crippen molar-refractivity contribution in [3.05, 3.63) is 63.9 Å². The van der Waals surface area contributed by atoms with E-state index in [9.17, 15) is 9.59 Å². The Balaban J connectivity index is 1.44. The number of carbonyl (C=O) groups excluding carboxylic acids is 1. The van der Waals surface area contributed by atoms with Gasteiger partial charge in [0.2, 0.25) is 0 Å². The highest BCUT2D eigenvalue weighted by molar-refractivity contribution is 5.90. The Kier molecular flexibility index (Phi) is 6.67. The molecule has 7 heteroatoms. The van der Waals surface area contributed by atoms with Crippen molar-refractivity contribution in [1.82, 2.24) is 14.9 Å². The van der Waals surface area contributed by atoms with E-state index in [1.807, 2.05) is 60.9 Å². The molecule has 0 unspecified atom stereocenters. The number of nitrogens with one attached hydrogen (secondary N) is 2. The molecule has 2 heterocycles. The van der Waals surface area contributed by atoms with Gasteiger partial charge in [-0.1, -0.05) is 38.1 Å². The fourth-order valence-corrected chi connectivity index (χ4v) is 4.40. The van der Waals surface area contributed by atoms with E-state index in [2.05, 4.69) is 29.4 Å². The van der Waals surface area contributed by atoms with E-state index in [-0.39, 0.29) is 17.6 Å². The standard InChI is InChI=1S/C26H33N5O2/c1-17(2)16-31-23-11-6-5-9-22(23)28-24(25(31)32)30-14-12-20(13-15-30)27-26(33)29-21-10-7-8-18(3)19(21)4/h5-11,17,20H,12-16H2,1-4H3,(H2,27,29,33). The number of urea groups is 1. The smallest absolute Gasteiger partial charge is 0.319 e. The molecule has 174 valence electrons. The molecule has 1 saturated heterocycles. The first kappa shape index (κ1) is 22.8. The van der Waals surface area contributed by atoms with Gasteiger partial charge in [0.05, 0.1) is 11.0 Å². The van der Waals surface area contributed by atoms with E-state index in [0.29, 0.717) is 31.4 Å². The second-order valence-electron chi connectivity index (χ2n) is 9.34. The van der Waals surface area contributed by atoms with E-state index in [1.165, 1.54) is 0 Å². The first-order valence-electron chi connectivity index (χ1n) is 11.7. The number of hydrogen-bond donors (Lipinski definition) is 2. The van der Waals surface area contributed by atoms with Crippen LogP contribution in [0.25, 0.3) is 11.0 Å². The predicted molar refractivity (Wildman–Crippen MR) is 134 cm³/mol. The minimum atomic E-state index is -0.190. The number of nitrogens with zero attached hydrogens (tertiary/aromatic N) is 3. The van der Waals surface area contributed by atoms with Crippen LogP contribution in [0.1, 0.15) is 37.8 Å². The third kappa shape index (κ3) is 5.02. The molecule has 1 aliphatic heterocycles. The van der Waals surface area contributed by atoms with Crippen LogP contribution in [0.15, 0.2) is 47.3 Å². The van der Waals surface area contributed by atoms with E-state index >= 15 is 0 Å². The maximum absolute atomic E-state index is 13.3. The third-order valence-corrected chi connectivity index (χ3v) is 6.37. The van der Waals surface area contributed by atoms with Crippen LogP contribution in [-0.4, -0.2) is 34.7 Å². The normalized spacial score (nSPS) is 14.6. The second kappa shape index (κ2) is 9.65. The molecule has 0 spiro atoms. The molecule has 1 aromatic heterocycles. The molecule has 0 aliphatic carbocycles. The Labute approximate surface area is 194 Å². The van der Waals surface area contributed by atoms with Crippen molar-refractivity contribution in [2.24, 2.45) is 5.92 Å². The fraction of sp³-hybridized carbons (Fsp3) is 0.423. The lowest BCUT2D eigenvalue weighted by atomic mass is 10.1. The Hall–Kier alpha value is -3.35. The fourth-order valence-electron chi connectivity index (χ4n) is 4.40. The molecular formula is C26H33N5O2. The van der Waals surface area contributed by atoms with Gasteiger partial charge in [0.25, 0.3) is 5.56 Å². The summed E-state index contributed by atoms with van der Waals surface area (Å²) < 4.78 is 1.85. The number of carbonyl (C=O) groups is 1. The number of amides is 2. The Bertz CT molecular complexity index is 1210. The second-order valence-corrected chi connectivity index (χ2v) is 9.34. The SMILES string of the molecule is Cc1cccc(NC(=O)NC2CCN(c3nc4ccccc4n(CC(C)C)c3=O)CC2)c1C. The van der Waals surface area contributed by atoms with Crippen LogP contribution in [0.2, 0.25) is 0 Å². The number of para-hydroxylation sites is 2. The summed E-state index contributed by atoms with van der Waals surface area (Å²) in [5.41, 5.74) is 4.72. The molecule has 2 amide bonds. The van der Waals surface area contributed by atoms with Crippen LogP contribution in [0.4, 0.5) is 16.3 Å². The summed E-state index contributed by atoms with van der Waals surface area (Å²) in [5, 5.41) is 6.05. The molecule has 1 aliphatic rings. The Morgan fingerprint density at radius 2 is 1.82 bits per heavy atom. The van der Waals surface area contributed by atoms with E-state index < -0.39 is 0 Å². The summed E-state index contributed by atoms with van der Waals surface area (Å²) in [7, 11) is 0. The molecule has 0 bridgehead atoms. The minimum absolute atomic E-state index is 0.0403. The van der Waals surface area contributed by atoms with Gasteiger partial charge >= 0.3 is 6.03 Å². The zero-order chi connectivity index (χ0) is 23.5. The molecule has 2 aromatic carbocycles. The number of aromatic nitrogens is 2. The molecule has 3 aromatic rings. The number of rotatable bonds is 5. The van der Waals surface area contributed by atoms with Crippen LogP contribution in [-0.2, 0) is 6.54 Å². The highest BCUT2D eigenvalue weighted by Gasteiger charge is 2.25. The van der Waals surface area contributed by atoms with Gasteiger partial charge in [0.1, 0.15) is 0 Å². The largest absolute Gasteiger partial charge is 0.352 e. The molecule has 1 fully saturated rings. The summed E-state index contributed by atoms with van der Waals surface area (Å²) >= 11 is 0. The summed E-state index contributed by atoms with van der Waals surface area (Å²) in [5.74, 6) is 0.861. The zero-order valence-electron chi connectivity index (χ0n) is 19.9. The Morgan fingerprint density at radius 1 is 1.09 bits per heavy atom. The summed E-state index contributed by atoms with van der Waals surface area (Å²) in [6.07, 6.45) is 1.52.